The van der Waals surface area contributed by atoms with Crippen LogP contribution in [0.25, 0.3) is 71.9 Å². The van der Waals surface area contributed by atoms with Crippen LogP contribution >= 0.6 is 0 Å². The molecule has 6 aromatic carbocycles. The summed E-state index contributed by atoms with van der Waals surface area (Å²) in [6, 6.07) is 43.8. The topological polar surface area (TPSA) is 42.2 Å². The molecule has 0 atom stereocenters. The summed E-state index contributed by atoms with van der Waals surface area (Å²) >= 11 is 0. The summed E-state index contributed by atoms with van der Waals surface area (Å²) in [5.74, 6) is 1.15. The molecule has 0 unspecified atom stereocenters. The Morgan fingerprint density at radius 3 is 2.30 bits per heavy atom. The highest BCUT2D eigenvalue weighted by Gasteiger charge is 2.19. The Kier molecular flexibility index (Phi) is 5.73. The molecule has 0 aliphatic carbocycles. The zero-order valence-electron chi connectivity index (χ0n) is 25.7. The van der Waals surface area contributed by atoms with Crippen LogP contribution in [0, 0.1) is 0 Å². The van der Waals surface area contributed by atoms with Gasteiger partial charge in [-0.05, 0) is 81.1 Å². The summed E-state index contributed by atoms with van der Waals surface area (Å²) in [6.45, 7) is 0.831. The average Bonchev–Trinajstić information content (AvgIpc) is 3.48. The van der Waals surface area contributed by atoms with Crippen molar-refractivity contribution in [1.82, 2.24) is 9.55 Å². The molecule has 4 nitrogen and oxygen atoms in total. The van der Waals surface area contributed by atoms with E-state index in [-0.39, 0.29) is 0 Å². The predicted octanol–water partition coefficient (Wildman–Crippen LogP) is 10.7. The lowest BCUT2D eigenvalue weighted by atomic mass is 9.91. The fourth-order valence-corrected chi connectivity index (χ4v) is 7.65. The summed E-state index contributed by atoms with van der Waals surface area (Å²) < 4.78 is 2.33. The van der Waals surface area contributed by atoms with Crippen LogP contribution in [0.15, 0.2) is 138 Å². The quantitative estimate of drug-likeness (QED) is 0.204. The van der Waals surface area contributed by atoms with Gasteiger partial charge in [0.1, 0.15) is 5.82 Å². The van der Waals surface area contributed by atoms with Crippen molar-refractivity contribution in [1.29, 1.82) is 0 Å². The molecule has 8 aromatic rings. The molecule has 2 aliphatic heterocycles. The molecule has 1 N–H and O–H groups in total. The predicted molar refractivity (Wildman–Crippen MR) is 198 cm³/mol. The fourth-order valence-electron chi connectivity index (χ4n) is 7.65. The van der Waals surface area contributed by atoms with Gasteiger partial charge in [-0.25, -0.2) is 4.98 Å². The smallest absolute Gasteiger partial charge is 0.119 e. The number of benzene rings is 6. The summed E-state index contributed by atoms with van der Waals surface area (Å²) in [6.07, 6.45) is 8.48. The highest BCUT2D eigenvalue weighted by atomic mass is 15.1. The van der Waals surface area contributed by atoms with Crippen molar-refractivity contribution in [2.24, 2.45) is 4.99 Å². The Morgan fingerprint density at radius 1 is 0.638 bits per heavy atom. The van der Waals surface area contributed by atoms with Crippen molar-refractivity contribution in [2.45, 2.75) is 12.8 Å². The van der Waals surface area contributed by atoms with Crippen LogP contribution in [0.1, 0.15) is 29.7 Å². The summed E-state index contributed by atoms with van der Waals surface area (Å²) in [7, 11) is 0. The first-order valence-corrected chi connectivity index (χ1v) is 16.4. The Labute approximate surface area is 272 Å². The maximum Gasteiger partial charge on any atom is 0.119 e. The molecule has 2 aliphatic rings. The van der Waals surface area contributed by atoms with Gasteiger partial charge in [0.2, 0.25) is 0 Å². The fraction of sp³-hybridized carbons (Fsp3) is 0.0698. The summed E-state index contributed by atoms with van der Waals surface area (Å²) in [5, 5.41) is 12.6. The van der Waals surface area contributed by atoms with Crippen LogP contribution in [0.2, 0.25) is 0 Å². The van der Waals surface area contributed by atoms with Crippen LogP contribution in [0.3, 0.4) is 0 Å². The SMILES string of the molecule is C1=Cc2c(n(-c3ccc(C4=CCCC(c5cccc(-c6ccc7ccc8cccc9ccc6c7c89)n5)=N4)cc3)c3ccccc23)NC1. The van der Waals surface area contributed by atoms with Gasteiger partial charge in [-0.3, -0.25) is 9.56 Å². The van der Waals surface area contributed by atoms with Gasteiger partial charge >= 0.3 is 0 Å². The van der Waals surface area contributed by atoms with Crippen molar-refractivity contribution >= 4 is 66.5 Å². The molecular weight excluding hydrogens is 573 g/mol. The lowest BCUT2D eigenvalue weighted by Crippen LogP contribution is -2.09. The zero-order valence-corrected chi connectivity index (χ0v) is 25.7. The molecule has 0 spiro atoms. The minimum absolute atomic E-state index is 0.831. The number of pyridine rings is 1. The number of aromatic nitrogens is 2. The van der Waals surface area contributed by atoms with Gasteiger partial charge in [-0.1, -0.05) is 109 Å². The molecule has 0 saturated heterocycles. The lowest BCUT2D eigenvalue weighted by molar-refractivity contribution is 1.05. The molecular formula is C43H30N4. The summed E-state index contributed by atoms with van der Waals surface area (Å²) in [5.41, 5.74) is 9.83. The molecule has 0 fully saturated rings. The molecule has 2 aromatic heterocycles. The second-order valence-corrected chi connectivity index (χ2v) is 12.5. The molecule has 0 bridgehead atoms. The largest absolute Gasteiger partial charge is 0.367 e. The van der Waals surface area contributed by atoms with E-state index in [4.69, 9.17) is 9.98 Å². The molecule has 4 heterocycles. The lowest BCUT2D eigenvalue weighted by Gasteiger charge is -2.17. The molecule has 0 radical (unpaired) electrons. The first-order chi connectivity index (χ1) is 23.3. The van der Waals surface area contributed by atoms with Crippen molar-refractivity contribution < 1.29 is 0 Å². The Bertz CT molecular complexity index is 2600. The highest BCUT2D eigenvalue weighted by Crippen LogP contribution is 2.39. The summed E-state index contributed by atoms with van der Waals surface area (Å²) in [4.78, 5) is 10.4. The number of para-hydroxylation sites is 1. The van der Waals surface area contributed by atoms with Crippen molar-refractivity contribution in [3.8, 4) is 16.9 Å². The van der Waals surface area contributed by atoms with E-state index in [2.05, 4.69) is 149 Å². The van der Waals surface area contributed by atoms with Crippen LogP contribution in [0.5, 0.6) is 0 Å². The molecule has 47 heavy (non-hydrogen) atoms. The zero-order chi connectivity index (χ0) is 30.9. The van der Waals surface area contributed by atoms with Gasteiger partial charge in [-0.2, -0.15) is 0 Å². The van der Waals surface area contributed by atoms with Crippen LogP contribution < -0.4 is 5.32 Å². The van der Waals surface area contributed by atoms with E-state index in [1.807, 2.05) is 0 Å². The third-order valence-electron chi connectivity index (χ3n) is 9.83. The van der Waals surface area contributed by atoms with E-state index in [0.717, 1.165) is 64.8 Å². The van der Waals surface area contributed by atoms with Gasteiger partial charge < -0.3 is 5.32 Å². The number of nitrogens with one attached hydrogen (secondary N) is 1. The van der Waals surface area contributed by atoms with Gasteiger partial charge in [-0.15, -0.1) is 0 Å². The van der Waals surface area contributed by atoms with Crippen molar-refractivity contribution in [3.63, 3.8) is 0 Å². The third-order valence-corrected chi connectivity index (χ3v) is 9.83. The van der Waals surface area contributed by atoms with Gasteiger partial charge in [0.15, 0.2) is 0 Å². The van der Waals surface area contributed by atoms with Crippen molar-refractivity contribution in [2.75, 3.05) is 11.9 Å². The average molecular weight is 603 g/mol. The molecule has 0 saturated carbocycles. The maximum absolute atomic E-state index is 5.22. The number of hydrogen-bond donors (Lipinski definition) is 1. The van der Waals surface area contributed by atoms with E-state index in [9.17, 15) is 0 Å². The first kappa shape index (κ1) is 26.2. The number of hydrogen-bond acceptors (Lipinski definition) is 3. The molecule has 4 heteroatoms. The van der Waals surface area contributed by atoms with Gasteiger partial charge in [0.25, 0.3) is 0 Å². The van der Waals surface area contributed by atoms with Gasteiger partial charge in [0, 0.05) is 28.7 Å². The molecule has 0 amide bonds. The Hall–Kier alpha value is -6.00. The number of rotatable bonds is 4. The highest BCUT2D eigenvalue weighted by molar-refractivity contribution is 6.25. The number of allylic oxidation sites excluding steroid dienone is 1. The molecule has 10 rings (SSSR count). The van der Waals surface area contributed by atoms with E-state index in [1.54, 1.807) is 0 Å². The Morgan fingerprint density at radius 2 is 1.40 bits per heavy atom. The first-order valence-electron chi connectivity index (χ1n) is 16.4. The monoisotopic (exact) mass is 602 g/mol. The number of anilines is 1. The van der Waals surface area contributed by atoms with E-state index in [0.29, 0.717) is 0 Å². The molecule has 222 valence electrons. The Balaban J connectivity index is 1.01. The standard InChI is InChI=1S/C43H30N4/c1-2-15-40-33(9-1)35-10-6-26-44-43(35)47(40)31-22-18-27(19-23-31)36-11-4-13-38(45-36)39-14-5-12-37(46-39)32-24-20-30-17-16-28-7-3-8-29-21-25-34(32)42(30)41(28)29/h1-3,5-12,14-25,44H,4,13,26H2. The van der Waals surface area contributed by atoms with E-state index < -0.39 is 0 Å². The van der Waals surface area contributed by atoms with E-state index >= 15 is 0 Å². The minimum atomic E-state index is 0.831. The third kappa shape index (κ3) is 4.08. The number of fused-ring (bicyclic) bond motifs is 3. The minimum Gasteiger partial charge on any atom is -0.367 e. The number of nitrogens with zero attached hydrogens (tertiary/aromatic N) is 3. The van der Waals surface area contributed by atoms with Crippen LogP contribution in [-0.2, 0) is 0 Å². The second-order valence-electron chi connectivity index (χ2n) is 12.5. The van der Waals surface area contributed by atoms with Crippen LogP contribution in [0.4, 0.5) is 5.82 Å². The normalized spacial score (nSPS) is 14.5. The maximum atomic E-state index is 5.22. The van der Waals surface area contributed by atoms with Crippen molar-refractivity contribution in [3.05, 3.63) is 150 Å². The van der Waals surface area contributed by atoms with Gasteiger partial charge in [0.05, 0.1) is 28.3 Å². The van der Waals surface area contributed by atoms with E-state index in [1.165, 1.54) is 48.8 Å². The van der Waals surface area contributed by atoms with Crippen LogP contribution in [-0.4, -0.2) is 21.8 Å². The second kappa shape index (κ2) is 10.3. The number of aliphatic imine (C=N–C) groups is 1.